The SMILES string of the molecule is CCOc1ccc(NC(=O)[C@H]2[C@H]3C(=O)N([C@@H](CO)Cc4ccccc4)C(C(=O)Nc4ccc(Cl)cc4)C34CC[C@]2(C)S4)cc1. The van der Waals surface area contributed by atoms with Gasteiger partial charge in [-0.25, -0.2) is 0 Å². The normalized spacial score (nSPS) is 27.6. The Hall–Kier alpha value is -3.53. The number of halogens is 1. The smallest absolute Gasteiger partial charge is 0.248 e. The quantitative estimate of drug-likeness (QED) is 0.276. The number of thioether (sulfide) groups is 1. The monoisotopic (exact) mass is 633 g/mol. The molecule has 3 saturated heterocycles. The van der Waals surface area contributed by atoms with Crippen molar-refractivity contribution in [3.05, 3.63) is 89.4 Å². The topological polar surface area (TPSA) is 108 Å². The van der Waals surface area contributed by atoms with Gasteiger partial charge in [-0.15, -0.1) is 11.8 Å². The van der Waals surface area contributed by atoms with E-state index in [0.29, 0.717) is 48.0 Å². The first kappa shape index (κ1) is 30.5. The largest absolute Gasteiger partial charge is 0.494 e. The van der Waals surface area contributed by atoms with Crippen LogP contribution in [0.25, 0.3) is 0 Å². The summed E-state index contributed by atoms with van der Waals surface area (Å²) in [6, 6.07) is 22.1. The molecule has 3 heterocycles. The van der Waals surface area contributed by atoms with Crippen molar-refractivity contribution in [1.82, 2.24) is 4.90 Å². The van der Waals surface area contributed by atoms with Gasteiger partial charge in [-0.3, -0.25) is 14.4 Å². The summed E-state index contributed by atoms with van der Waals surface area (Å²) < 4.78 is 4.17. The number of nitrogens with one attached hydrogen (secondary N) is 2. The highest BCUT2D eigenvalue weighted by molar-refractivity contribution is 8.02. The summed E-state index contributed by atoms with van der Waals surface area (Å²) >= 11 is 7.67. The Morgan fingerprint density at radius 3 is 2.27 bits per heavy atom. The highest BCUT2D eigenvalue weighted by atomic mass is 35.5. The fraction of sp³-hybridized carbons (Fsp3) is 0.382. The lowest BCUT2D eigenvalue weighted by molar-refractivity contribution is -0.141. The number of carbonyl (C=O) groups excluding carboxylic acids is 3. The van der Waals surface area contributed by atoms with Crippen molar-refractivity contribution in [3.8, 4) is 5.75 Å². The second-order valence-corrected chi connectivity index (χ2v) is 14.3. The maximum absolute atomic E-state index is 14.6. The fourth-order valence-corrected chi connectivity index (χ4v) is 9.83. The molecule has 0 aliphatic carbocycles. The zero-order valence-electron chi connectivity index (χ0n) is 24.7. The standard InChI is InChI=1S/C34H36ClN3O5S/c1-3-43-26-15-13-24(14-16-26)36-30(40)27-28-32(42)38(25(20-39)19-21-7-5-4-6-8-21)29(34(28)18-17-33(27,2)44-34)31(41)37-23-11-9-22(35)10-12-23/h4-16,25,27-29,39H,3,17-20H2,1-2H3,(H,36,40)(H,37,41)/t25-,27-,28+,29?,33+,34?/m1/s1. The molecule has 3 N–H and O–H groups in total. The molecule has 3 aromatic carbocycles. The molecule has 2 bridgehead atoms. The van der Waals surface area contributed by atoms with Gasteiger partial charge in [0.2, 0.25) is 17.7 Å². The maximum Gasteiger partial charge on any atom is 0.248 e. The van der Waals surface area contributed by atoms with E-state index in [1.54, 1.807) is 65.2 Å². The van der Waals surface area contributed by atoms with Gasteiger partial charge in [0, 0.05) is 21.1 Å². The summed E-state index contributed by atoms with van der Waals surface area (Å²) in [6.45, 7) is 4.16. The first-order valence-electron chi connectivity index (χ1n) is 15.0. The second-order valence-electron chi connectivity index (χ2n) is 11.9. The molecule has 6 atom stereocenters. The number of carbonyl (C=O) groups is 3. The zero-order chi connectivity index (χ0) is 31.1. The minimum atomic E-state index is -0.883. The van der Waals surface area contributed by atoms with Crippen molar-refractivity contribution in [2.24, 2.45) is 11.8 Å². The third kappa shape index (κ3) is 5.35. The number of rotatable bonds is 10. The van der Waals surface area contributed by atoms with Gasteiger partial charge in [-0.1, -0.05) is 41.9 Å². The van der Waals surface area contributed by atoms with Crippen LogP contribution in [-0.4, -0.2) is 62.5 Å². The molecular weight excluding hydrogens is 598 g/mol. The van der Waals surface area contributed by atoms with Crippen molar-refractivity contribution in [3.63, 3.8) is 0 Å². The van der Waals surface area contributed by atoms with E-state index in [1.807, 2.05) is 44.2 Å². The summed E-state index contributed by atoms with van der Waals surface area (Å²) in [6.07, 6.45) is 1.67. The van der Waals surface area contributed by atoms with Crippen molar-refractivity contribution in [2.75, 3.05) is 23.8 Å². The predicted molar refractivity (Wildman–Crippen MR) is 173 cm³/mol. The van der Waals surface area contributed by atoms with E-state index in [9.17, 15) is 19.5 Å². The number of aliphatic hydroxyl groups is 1. The first-order valence-corrected chi connectivity index (χ1v) is 16.2. The molecule has 8 nitrogen and oxygen atoms in total. The first-order chi connectivity index (χ1) is 21.2. The summed E-state index contributed by atoms with van der Waals surface area (Å²) in [5.74, 6) is -1.52. The second kappa shape index (κ2) is 12.1. The number of hydrogen-bond donors (Lipinski definition) is 3. The van der Waals surface area contributed by atoms with Gasteiger partial charge in [-0.2, -0.15) is 0 Å². The number of ether oxygens (including phenoxy) is 1. The number of nitrogens with zero attached hydrogens (tertiary/aromatic N) is 1. The van der Waals surface area contributed by atoms with Crippen LogP contribution >= 0.6 is 23.4 Å². The van der Waals surface area contributed by atoms with Crippen molar-refractivity contribution in [1.29, 1.82) is 0 Å². The van der Waals surface area contributed by atoms with Crippen LogP contribution in [0, 0.1) is 11.8 Å². The van der Waals surface area contributed by atoms with Gasteiger partial charge in [0.25, 0.3) is 0 Å². The van der Waals surface area contributed by atoms with Gasteiger partial charge in [0.1, 0.15) is 11.8 Å². The van der Waals surface area contributed by atoms with Gasteiger partial charge in [0.05, 0.1) is 35.8 Å². The van der Waals surface area contributed by atoms with E-state index in [0.717, 1.165) is 5.56 Å². The number of benzene rings is 3. The number of anilines is 2. The molecule has 10 heteroatoms. The molecule has 44 heavy (non-hydrogen) atoms. The molecule has 3 aromatic rings. The van der Waals surface area contributed by atoms with Crippen LogP contribution < -0.4 is 15.4 Å². The molecule has 3 aliphatic rings. The van der Waals surface area contributed by atoms with Crippen LogP contribution in [0.5, 0.6) is 5.75 Å². The molecule has 0 radical (unpaired) electrons. The Kier molecular flexibility index (Phi) is 8.39. The van der Waals surface area contributed by atoms with Gasteiger partial charge in [0.15, 0.2) is 0 Å². The van der Waals surface area contributed by atoms with Gasteiger partial charge < -0.3 is 25.4 Å². The number of amides is 3. The Morgan fingerprint density at radius 2 is 1.64 bits per heavy atom. The summed E-state index contributed by atoms with van der Waals surface area (Å²) in [4.78, 5) is 44.5. The average molecular weight is 634 g/mol. The minimum absolute atomic E-state index is 0.244. The molecule has 3 aliphatic heterocycles. The van der Waals surface area contributed by atoms with Crippen molar-refractivity contribution >= 4 is 52.5 Å². The van der Waals surface area contributed by atoms with Crippen molar-refractivity contribution < 1.29 is 24.2 Å². The molecule has 2 unspecified atom stereocenters. The average Bonchev–Trinajstić information content (AvgIpc) is 3.59. The van der Waals surface area contributed by atoms with Crippen LogP contribution in [0.15, 0.2) is 78.9 Å². The molecule has 3 amide bonds. The Morgan fingerprint density at radius 1 is 1.00 bits per heavy atom. The van der Waals surface area contributed by atoms with Crippen LogP contribution in [-0.2, 0) is 20.8 Å². The van der Waals surface area contributed by atoms with Crippen LogP contribution in [0.3, 0.4) is 0 Å². The van der Waals surface area contributed by atoms with Crippen LogP contribution in [0.1, 0.15) is 32.3 Å². The van der Waals surface area contributed by atoms with E-state index in [4.69, 9.17) is 16.3 Å². The Balaban J connectivity index is 1.36. The van der Waals surface area contributed by atoms with E-state index in [1.165, 1.54) is 0 Å². The number of likely N-dealkylation sites (tertiary alicyclic amines) is 1. The third-order valence-corrected chi connectivity index (χ3v) is 11.4. The summed E-state index contributed by atoms with van der Waals surface area (Å²) in [5.41, 5.74) is 2.11. The molecule has 230 valence electrons. The predicted octanol–water partition coefficient (Wildman–Crippen LogP) is 5.40. The van der Waals surface area contributed by atoms with Gasteiger partial charge >= 0.3 is 0 Å². The number of aliphatic hydroxyl groups excluding tert-OH is 1. The van der Waals surface area contributed by atoms with E-state index < -0.39 is 33.4 Å². The van der Waals surface area contributed by atoms with Crippen molar-refractivity contribution in [2.45, 2.75) is 54.7 Å². The van der Waals surface area contributed by atoms with E-state index in [-0.39, 0.29) is 24.3 Å². The molecule has 6 rings (SSSR count). The minimum Gasteiger partial charge on any atom is -0.494 e. The molecule has 0 saturated carbocycles. The zero-order valence-corrected chi connectivity index (χ0v) is 26.2. The third-order valence-electron chi connectivity index (χ3n) is 9.21. The number of fused-ring (bicyclic) bond motifs is 1. The molecule has 0 aromatic heterocycles. The summed E-state index contributed by atoms with van der Waals surface area (Å²) in [7, 11) is 0. The fourth-order valence-electron chi connectivity index (χ4n) is 7.36. The highest BCUT2D eigenvalue weighted by Crippen LogP contribution is 2.71. The maximum atomic E-state index is 14.6. The lowest BCUT2D eigenvalue weighted by atomic mass is 9.66. The Labute approximate surface area is 266 Å². The molecule has 1 spiro atoms. The van der Waals surface area contributed by atoms with Gasteiger partial charge in [-0.05, 0) is 87.2 Å². The molecule has 3 fully saturated rings. The lowest BCUT2D eigenvalue weighted by Crippen LogP contribution is -2.55. The molecular formula is C34H36ClN3O5S. The number of hydrogen-bond acceptors (Lipinski definition) is 6. The van der Waals surface area contributed by atoms with Crippen LogP contribution in [0.2, 0.25) is 5.02 Å². The Bertz CT molecular complexity index is 1540. The van der Waals surface area contributed by atoms with E-state index in [2.05, 4.69) is 10.6 Å². The highest BCUT2D eigenvalue weighted by Gasteiger charge is 2.77. The lowest BCUT2D eigenvalue weighted by Gasteiger charge is -2.37. The summed E-state index contributed by atoms with van der Waals surface area (Å²) in [5, 5.41) is 17.3. The van der Waals surface area contributed by atoms with Crippen LogP contribution in [0.4, 0.5) is 11.4 Å². The van der Waals surface area contributed by atoms with E-state index >= 15 is 0 Å².